The van der Waals surface area contributed by atoms with Crippen molar-refractivity contribution in [2.75, 3.05) is 14.2 Å². The van der Waals surface area contributed by atoms with Gasteiger partial charge >= 0.3 is 0 Å². The van der Waals surface area contributed by atoms with E-state index in [1.54, 1.807) is 7.11 Å². The molecule has 1 aromatic rings. The van der Waals surface area contributed by atoms with Gasteiger partial charge in [0, 0.05) is 12.6 Å². The number of benzene rings is 1. The molecule has 1 atom stereocenters. The van der Waals surface area contributed by atoms with Gasteiger partial charge in [0.05, 0.1) is 12.7 Å². The van der Waals surface area contributed by atoms with Crippen molar-refractivity contribution in [3.05, 3.63) is 29.3 Å². The summed E-state index contributed by atoms with van der Waals surface area (Å²) in [6.07, 6.45) is 0. The minimum atomic E-state index is 0.0372. The third kappa shape index (κ3) is 3.97. The summed E-state index contributed by atoms with van der Waals surface area (Å²) in [4.78, 5) is 2.31. The van der Waals surface area contributed by atoms with Gasteiger partial charge in [-0.25, -0.2) is 0 Å². The highest BCUT2D eigenvalue weighted by molar-refractivity contribution is 5.97. The predicted octanol–water partition coefficient (Wildman–Crippen LogP) is 2.85. The van der Waals surface area contributed by atoms with Gasteiger partial charge in [-0.05, 0) is 37.1 Å². The number of rotatable bonds is 5. The second-order valence-corrected chi connectivity index (χ2v) is 6.41. The van der Waals surface area contributed by atoms with E-state index in [9.17, 15) is 0 Å². The largest absolute Gasteiger partial charge is 0.496 e. The molecule has 0 radical (unpaired) electrons. The fourth-order valence-electron chi connectivity index (χ4n) is 2.15. The molecule has 0 spiro atoms. The summed E-state index contributed by atoms with van der Waals surface area (Å²) in [5.74, 6) is 0.683. The van der Waals surface area contributed by atoms with E-state index in [4.69, 9.17) is 15.9 Å². The molecule has 1 unspecified atom stereocenters. The maximum absolute atomic E-state index is 7.63. The number of hydrogen-bond acceptors (Lipinski definition) is 3. The lowest BCUT2D eigenvalue weighted by molar-refractivity contribution is 0.134. The molecule has 20 heavy (non-hydrogen) atoms. The second kappa shape index (κ2) is 6.27. The van der Waals surface area contributed by atoms with Gasteiger partial charge in [0.2, 0.25) is 0 Å². The minimum absolute atomic E-state index is 0.0372. The number of nitrogens with two attached hydrogens (primary N) is 1. The Balaban J connectivity index is 2.94. The zero-order valence-corrected chi connectivity index (χ0v) is 13.4. The molecule has 0 bridgehead atoms. The number of nitrogens with one attached hydrogen (secondary N) is 1. The maximum atomic E-state index is 7.63. The van der Waals surface area contributed by atoms with Gasteiger partial charge < -0.3 is 10.5 Å². The molecule has 0 fully saturated rings. The Hall–Kier alpha value is -1.55. The normalized spacial score (nSPS) is 13.3. The van der Waals surface area contributed by atoms with Crippen molar-refractivity contribution in [2.45, 2.75) is 40.3 Å². The van der Waals surface area contributed by atoms with Crippen LogP contribution in [0.2, 0.25) is 0 Å². The predicted molar refractivity (Wildman–Crippen MR) is 84.4 cm³/mol. The molecule has 0 saturated carbocycles. The molecule has 0 aromatic heterocycles. The third-order valence-electron chi connectivity index (χ3n) is 3.90. The lowest BCUT2D eigenvalue weighted by Crippen LogP contribution is -2.38. The van der Waals surface area contributed by atoms with E-state index >= 15 is 0 Å². The first-order valence-corrected chi connectivity index (χ1v) is 6.88. The van der Waals surface area contributed by atoms with Crippen LogP contribution in [0.1, 0.15) is 38.8 Å². The van der Waals surface area contributed by atoms with Gasteiger partial charge in [-0.1, -0.05) is 26.8 Å². The summed E-state index contributed by atoms with van der Waals surface area (Å²) in [6.45, 7) is 9.77. The molecule has 0 saturated heterocycles. The van der Waals surface area contributed by atoms with Crippen LogP contribution in [0.4, 0.5) is 0 Å². The number of methoxy groups -OCH3 is 1. The van der Waals surface area contributed by atoms with Gasteiger partial charge in [-0.15, -0.1) is 0 Å². The molecule has 1 aromatic carbocycles. The zero-order valence-electron chi connectivity index (χ0n) is 13.4. The van der Waals surface area contributed by atoms with E-state index < -0.39 is 0 Å². The topological polar surface area (TPSA) is 62.3 Å². The molecule has 0 heterocycles. The fraction of sp³-hybridized carbons (Fsp3) is 0.562. The number of amidine groups is 1. The lowest BCUT2D eigenvalue weighted by atomic mass is 9.87. The first-order valence-electron chi connectivity index (χ1n) is 6.88. The Morgan fingerprint density at radius 1 is 1.40 bits per heavy atom. The summed E-state index contributed by atoms with van der Waals surface area (Å²) < 4.78 is 5.23. The zero-order chi connectivity index (χ0) is 15.5. The number of ether oxygens (including phenoxy) is 1. The molecule has 0 amide bonds. The lowest BCUT2D eigenvalue weighted by Gasteiger charge is -2.35. The fourth-order valence-corrected chi connectivity index (χ4v) is 2.15. The number of hydrogen-bond donors (Lipinski definition) is 2. The maximum Gasteiger partial charge on any atom is 0.129 e. The van der Waals surface area contributed by atoms with Crippen molar-refractivity contribution in [3.8, 4) is 5.75 Å². The highest BCUT2D eigenvalue weighted by Gasteiger charge is 2.23. The Labute approximate surface area is 122 Å². The molecule has 4 nitrogen and oxygen atoms in total. The monoisotopic (exact) mass is 277 g/mol. The first kappa shape index (κ1) is 16.5. The molecule has 4 heteroatoms. The van der Waals surface area contributed by atoms with Crippen molar-refractivity contribution >= 4 is 5.84 Å². The van der Waals surface area contributed by atoms with Gasteiger partial charge in [0.1, 0.15) is 11.6 Å². The van der Waals surface area contributed by atoms with Crippen molar-refractivity contribution in [1.29, 1.82) is 5.41 Å². The van der Waals surface area contributed by atoms with Crippen molar-refractivity contribution in [2.24, 2.45) is 11.1 Å². The molecule has 0 aliphatic rings. The molecule has 112 valence electrons. The van der Waals surface area contributed by atoms with Gasteiger partial charge in [-0.3, -0.25) is 10.3 Å². The average molecular weight is 277 g/mol. The summed E-state index contributed by atoms with van der Waals surface area (Å²) in [5.41, 5.74) is 7.62. The van der Waals surface area contributed by atoms with Crippen molar-refractivity contribution < 1.29 is 4.74 Å². The Bertz CT molecular complexity index is 477. The van der Waals surface area contributed by atoms with Crippen LogP contribution < -0.4 is 10.5 Å². The molecular formula is C16H27N3O. The smallest absolute Gasteiger partial charge is 0.129 e. The molecule has 0 aliphatic heterocycles. The molecule has 0 aliphatic carbocycles. The summed E-state index contributed by atoms with van der Waals surface area (Å²) in [5, 5.41) is 7.63. The number of nitrogen functional groups attached to an aromatic ring is 1. The highest BCUT2D eigenvalue weighted by Crippen LogP contribution is 2.25. The highest BCUT2D eigenvalue weighted by atomic mass is 16.5. The van der Waals surface area contributed by atoms with Crippen LogP contribution in [0.25, 0.3) is 0 Å². The van der Waals surface area contributed by atoms with E-state index in [1.165, 1.54) is 0 Å². The van der Waals surface area contributed by atoms with E-state index in [2.05, 4.69) is 39.6 Å². The van der Waals surface area contributed by atoms with Crippen LogP contribution in [0, 0.1) is 10.8 Å². The number of nitrogens with zero attached hydrogens (tertiary/aromatic N) is 1. The Morgan fingerprint density at radius 2 is 2.00 bits per heavy atom. The van der Waals surface area contributed by atoms with E-state index in [1.807, 2.05) is 18.2 Å². The molecule has 1 rings (SSSR count). The first-order chi connectivity index (χ1) is 9.16. The van der Waals surface area contributed by atoms with Crippen LogP contribution in [-0.2, 0) is 6.54 Å². The van der Waals surface area contributed by atoms with Crippen LogP contribution in [0.15, 0.2) is 18.2 Å². The van der Waals surface area contributed by atoms with Gasteiger partial charge in [-0.2, -0.15) is 0 Å². The molecule has 3 N–H and O–H groups in total. The van der Waals surface area contributed by atoms with Crippen molar-refractivity contribution in [1.82, 2.24) is 4.90 Å². The van der Waals surface area contributed by atoms with Crippen LogP contribution >= 0.6 is 0 Å². The van der Waals surface area contributed by atoms with E-state index in [0.29, 0.717) is 17.4 Å². The summed E-state index contributed by atoms with van der Waals surface area (Å²) >= 11 is 0. The molecular weight excluding hydrogens is 250 g/mol. The SMILES string of the molecule is COc1ccc(CN(C)C(C)C(C)(C)C)cc1C(=N)N. The van der Waals surface area contributed by atoms with E-state index in [0.717, 1.165) is 12.1 Å². The van der Waals surface area contributed by atoms with Crippen LogP contribution in [-0.4, -0.2) is 30.9 Å². The van der Waals surface area contributed by atoms with E-state index in [-0.39, 0.29) is 11.3 Å². The van der Waals surface area contributed by atoms with Crippen LogP contribution in [0.3, 0.4) is 0 Å². The quantitative estimate of drug-likeness (QED) is 0.642. The summed E-state index contributed by atoms with van der Waals surface area (Å²) in [7, 11) is 3.71. The van der Waals surface area contributed by atoms with Crippen molar-refractivity contribution in [3.63, 3.8) is 0 Å². The average Bonchev–Trinajstić information content (AvgIpc) is 2.36. The summed E-state index contributed by atoms with van der Waals surface area (Å²) in [6, 6.07) is 6.29. The standard InChI is InChI=1S/C16H27N3O/c1-11(16(2,3)4)19(5)10-12-7-8-14(20-6)13(9-12)15(17)18/h7-9,11H,10H2,1-6H3,(H3,17,18). The van der Waals surface area contributed by atoms with Gasteiger partial charge in [0.15, 0.2) is 0 Å². The Morgan fingerprint density at radius 3 is 2.45 bits per heavy atom. The minimum Gasteiger partial charge on any atom is -0.496 e. The second-order valence-electron chi connectivity index (χ2n) is 6.41. The van der Waals surface area contributed by atoms with Crippen LogP contribution in [0.5, 0.6) is 5.75 Å². The Kier molecular flexibility index (Phi) is 5.17. The van der Waals surface area contributed by atoms with Gasteiger partial charge in [0.25, 0.3) is 0 Å². The third-order valence-corrected chi connectivity index (χ3v) is 3.90.